The minimum Gasteiger partial charge on any atom is -0.368 e. The Morgan fingerprint density at radius 3 is 2.38 bits per heavy atom. The van der Waals surface area contributed by atoms with Crippen LogP contribution in [0.25, 0.3) is 0 Å². The molecule has 1 fully saturated rings. The van der Waals surface area contributed by atoms with Crippen molar-refractivity contribution in [3.8, 4) is 0 Å². The minimum atomic E-state index is -3.69. The van der Waals surface area contributed by atoms with Crippen molar-refractivity contribution in [2.24, 2.45) is 0 Å². The van der Waals surface area contributed by atoms with Gasteiger partial charge in [0.25, 0.3) is 5.69 Å². The van der Waals surface area contributed by atoms with Gasteiger partial charge in [-0.15, -0.1) is 0 Å². The average Bonchev–Trinajstić information content (AvgIpc) is 2.94. The van der Waals surface area contributed by atoms with Crippen molar-refractivity contribution in [2.75, 3.05) is 31.1 Å². The van der Waals surface area contributed by atoms with Crippen molar-refractivity contribution in [3.05, 3.63) is 44.8 Å². The van der Waals surface area contributed by atoms with E-state index in [0.29, 0.717) is 24.5 Å². The number of rotatable bonds is 4. The van der Waals surface area contributed by atoms with Gasteiger partial charge in [-0.05, 0) is 19.9 Å². The van der Waals surface area contributed by atoms with Gasteiger partial charge in [-0.25, -0.2) is 8.42 Å². The summed E-state index contributed by atoms with van der Waals surface area (Å²) in [6, 6.07) is 4.26. The second-order valence-electron chi connectivity index (χ2n) is 5.94. The van der Waals surface area contributed by atoms with E-state index in [4.69, 9.17) is 16.1 Å². The van der Waals surface area contributed by atoms with Crippen LogP contribution in [0.4, 0.5) is 11.4 Å². The Morgan fingerprint density at radius 1 is 1.23 bits per heavy atom. The van der Waals surface area contributed by atoms with Gasteiger partial charge in [-0.1, -0.05) is 16.8 Å². The van der Waals surface area contributed by atoms with E-state index in [2.05, 4.69) is 5.16 Å². The lowest BCUT2D eigenvalue weighted by atomic mass is 10.2. The first-order chi connectivity index (χ1) is 12.2. The van der Waals surface area contributed by atoms with E-state index >= 15 is 0 Å². The third kappa shape index (κ3) is 3.27. The molecular weight excluding hydrogens is 384 g/mol. The van der Waals surface area contributed by atoms with Gasteiger partial charge in [0.2, 0.25) is 10.0 Å². The SMILES string of the molecule is Cc1noc(C)c1S(=O)(=O)N1CCN(c2ccc([N+](=O)[O-])cc2Cl)CC1. The molecule has 11 heteroatoms. The number of hydrogen-bond donors (Lipinski definition) is 0. The summed E-state index contributed by atoms with van der Waals surface area (Å²) < 4.78 is 32.0. The Kier molecular flexibility index (Phi) is 4.91. The predicted octanol–water partition coefficient (Wildman–Crippen LogP) is 2.36. The molecule has 0 radical (unpaired) electrons. The van der Waals surface area contributed by atoms with Crippen LogP contribution >= 0.6 is 11.6 Å². The molecular formula is C15H17ClN4O5S. The highest BCUT2D eigenvalue weighted by Gasteiger charge is 2.33. The number of nitro groups is 1. The van der Waals surface area contributed by atoms with E-state index in [0.717, 1.165) is 0 Å². The molecule has 0 saturated carbocycles. The van der Waals surface area contributed by atoms with Crippen LogP contribution in [0, 0.1) is 24.0 Å². The Bertz CT molecular complexity index is 931. The molecule has 1 aliphatic rings. The zero-order chi connectivity index (χ0) is 19.1. The van der Waals surface area contributed by atoms with Crippen LogP contribution < -0.4 is 4.90 Å². The lowest BCUT2D eigenvalue weighted by molar-refractivity contribution is -0.384. The summed E-state index contributed by atoms with van der Waals surface area (Å²) in [5.41, 5.74) is 0.897. The number of anilines is 1. The Morgan fingerprint density at radius 2 is 1.88 bits per heavy atom. The molecule has 1 saturated heterocycles. The maximum atomic E-state index is 12.8. The maximum Gasteiger partial charge on any atom is 0.271 e. The highest BCUT2D eigenvalue weighted by molar-refractivity contribution is 7.89. The molecule has 1 aromatic carbocycles. The predicted molar refractivity (Wildman–Crippen MR) is 95.1 cm³/mol. The first-order valence-electron chi connectivity index (χ1n) is 7.83. The molecule has 0 spiro atoms. The summed E-state index contributed by atoms with van der Waals surface area (Å²) in [5, 5.41) is 14.8. The van der Waals surface area contributed by atoms with Gasteiger partial charge < -0.3 is 9.42 Å². The van der Waals surface area contributed by atoms with Crippen LogP contribution in [0.3, 0.4) is 0 Å². The summed E-state index contributed by atoms with van der Waals surface area (Å²) in [4.78, 5) is 12.3. The van der Waals surface area contributed by atoms with Crippen molar-refractivity contribution in [1.82, 2.24) is 9.46 Å². The van der Waals surface area contributed by atoms with Crippen molar-refractivity contribution in [1.29, 1.82) is 0 Å². The third-order valence-corrected chi connectivity index (χ3v) is 6.73. The summed E-state index contributed by atoms with van der Waals surface area (Å²) in [5.74, 6) is 0.267. The van der Waals surface area contributed by atoms with Crippen molar-refractivity contribution >= 4 is 33.0 Å². The molecule has 140 valence electrons. The molecule has 9 nitrogen and oxygen atoms in total. The van der Waals surface area contributed by atoms with Gasteiger partial charge in [-0.3, -0.25) is 10.1 Å². The monoisotopic (exact) mass is 400 g/mol. The van der Waals surface area contributed by atoms with Crippen LogP contribution in [0.2, 0.25) is 5.02 Å². The number of aryl methyl sites for hydroxylation is 2. The normalized spacial score (nSPS) is 16.0. The van der Waals surface area contributed by atoms with Crippen molar-refractivity contribution in [3.63, 3.8) is 0 Å². The number of nitro benzene ring substituents is 1. The van der Waals surface area contributed by atoms with Crippen molar-refractivity contribution in [2.45, 2.75) is 18.7 Å². The maximum absolute atomic E-state index is 12.8. The van der Waals surface area contributed by atoms with Crippen LogP contribution in [0.1, 0.15) is 11.5 Å². The first kappa shape index (κ1) is 18.6. The summed E-state index contributed by atoms with van der Waals surface area (Å²) in [6.07, 6.45) is 0. The van der Waals surface area contributed by atoms with E-state index < -0.39 is 14.9 Å². The molecule has 0 unspecified atom stereocenters. The fourth-order valence-electron chi connectivity index (χ4n) is 3.01. The molecule has 0 aliphatic carbocycles. The Hall–Kier alpha value is -2.17. The molecule has 2 aromatic rings. The standard InChI is InChI=1S/C15H17ClN4O5S/c1-10-15(11(2)25-17-10)26(23,24)19-7-5-18(6-8-19)14-4-3-12(20(21)22)9-13(14)16/h3-4,9H,5-8H2,1-2H3. The average molecular weight is 401 g/mol. The van der Waals surface area contributed by atoms with E-state index in [1.165, 1.54) is 16.4 Å². The number of benzene rings is 1. The number of non-ortho nitro benzene ring substituents is 1. The molecule has 26 heavy (non-hydrogen) atoms. The number of sulfonamides is 1. The van der Waals surface area contributed by atoms with Gasteiger partial charge in [0.1, 0.15) is 10.6 Å². The van der Waals surface area contributed by atoms with Crippen molar-refractivity contribution < 1.29 is 17.9 Å². The first-order valence-corrected chi connectivity index (χ1v) is 9.65. The van der Waals surface area contributed by atoms with Gasteiger partial charge in [0.05, 0.1) is 15.6 Å². The number of hydrogen-bond acceptors (Lipinski definition) is 7. The molecule has 1 aliphatic heterocycles. The van der Waals surface area contributed by atoms with E-state index in [9.17, 15) is 18.5 Å². The molecule has 0 atom stereocenters. The molecule has 0 amide bonds. The van der Waals surface area contributed by atoms with Crippen LogP contribution in [-0.2, 0) is 10.0 Å². The Balaban J connectivity index is 1.77. The second kappa shape index (κ2) is 6.86. The molecule has 0 N–H and O–H groups in total. The Labute approximate surface area is 155 Å². The summed E-state index contributed by atoms with van der Waals surface area (Å²) in [7, 11) is -3.69. The topological polar surface area (TPSA) is 110 Å². The van der Waals surface area contributed by atoms with Crippen LogP contribution in [-0.4, -0.2) is 49.0 Å². The van der Waals surface area contributed by atoms with Crippen LogP contribution in [0.15, 0.2) is 27.6 Å². The highest BCUT2D eigenvalue weighted by atomic mass is 35.5. The quantitative estimate of drug-likeness (QED) is 0.572. The number of nitrogens with zero attached hydrogens (tertiary/aromatic N) is 4. The molecule has 2 heterocycles. The largest absolute Gasteiger partial charge is 0.368 e. The van der Waals surface area contributed by atoms with Gasteiger partial charge in [0, 0.05) is 38.3 Å². The van der Waals surface area contributed by atoms with E-state index in [-0.39, 0.29) is 34.5 Å². The molecule has 0 bridgehead atoms. The smallest absolute Gasteiger partial charge is 0.271 e. The summed E-state index contributed by atoms with van der Waals surface area (Å²) >= 11 is 6.16. The minimum absolute atomic E-state index is 0.0848. The number of halogens is 1. The fourth-order valence-corrected chi connectivity index (χ4v) is 5.01. The van der Waals surface area contributed by atoms with Gasteiger partial charge in [0.15, 0.2) is 5.76 Å². The second-order valence-corrected chi connectivity index (χ2v) is 8.22. The third-order valence-electron chi connectivity index (χ3n) is 4.29. The van der Waals surface area contributed by atoms with E-state index in [1.807, 2.05) is 4.90 Å². The van der Waals surface area contributed by atoms with Gasteiger partial charge >= 0.3 is 0 Å². The fraction of sp³-hybridized carbons (Fsp3) is 0.400. The molecule has 3 rings (SSSR count). The lowest BCUT2D eigenvalue weighted by Gasteiger charge is -2.35. The zero-order valence-electron chi connectivity index (χ0n) is 14.2. The number of aromatic nitrogens is 1. The zero-order valence-corrected chi connectivity index (χ0v) is 15.7. The van der Waals surface area contributed by atoms with E-state index in [1.54, 1.807) is 19.9 Å². The van der Waals surface area contributed by atoms with Crippen LogP contribution in [0.5, 0.6) is 0 Å². The summed E-state index contributed by atoms with van der Waals surface area (Å²) in [6.45, 7) is 4.52. The lowest BCUT2D eigenvalue weighted by Crippen LogP contribution is -2.48. The highest BCUT2D eigenvalue weighted by Crippen LogP contribution is 2.31. The number of piperazine rings is 1. The van der Waals surface area contributed by atoms with Gasteiger partial charge in [-0.2, -0.15) is 4.31 Å². The molecule has 1 aromatic heterocycles.